The number of carbonyl (C=O) groups excluding carboxylic acids is 2. The van der Waals surface area contributed by atoms with Crippen LogP contribution >= 0.6 is 11.3 Å². The first-order valence-corrected chi connectivity index (χ1v) is 9.59. The molecule has 0 saturated heterocycles. The summed E-state index contributed by atoms with van der Waals surface area (Å²) in [6.45, 7) is 3.75. The minimum atomic E-state index is -0.717. The number of aryl methyl sites for hydroxylation is 2. The molecule has 26 heavy (non-hydrogen) atoms. The average Bonchev–Trinajstić information content (AvgIpc) is 3.16. The van der Waals surface area contributed by atoms with Gasteiger partial charge in [0, 0.05) is 4.88 Å². The van der Waals surface area contributed by atoms with Gasteiger partial charge in [0.2, 0.25) is 5.91 Å². The van der Waals surface area contributed by atoms with Crippen LogP contribution in [0.25, 0.3) is 10.2 Å². The van der Waals surface area contributed by atoms with Gasteiger partial charge in [0.1, 0.15) is 17.4 Å². The molecule has 0 aromatic carbocycles. The van der Waals surface area contributed by atoms with Crippen molar-refractivity contribution in [1.82, 2.24) is 14.9 Å². The van der Waals surface area contributed by atoms with E-state index in [9.17, 15) is 14.4 Å². The molecule has 3 rings (SSSR count). The van der Waals surface area contributed by atoms with Crippen LogP contribution in [0.3, 0.4) is 0 Å². The molecular weight excluding hydrogens is 354 g/mol. The summed E-state index contributed by atoms with van der Waals surface area (Å²) < 4.78 is 6.06. The molecule has 0 bridgehead atoms. The van der Waals surface area contributed by atoms with E-state index in [4.69, 9.17) is 4.74 Å². The number of methoxy groups -OCH3 is 1. The zero-order valence-corrected chi connectivity index (χ0v) is 16.0. The van der Waals surface area contributed by atoms with Crippen LogP contribution in [0.1, 0.15) is 37.1 Å². The highest BCUT2D eigenvalue weighted by molar-refractivity contribution is 7.18. The number of hydrogen-bond acceptors (Lipinski definition) is 6. The Labute approximate surface area is 155 Å². The minimum Gasteiger partial charge on any atom is -0.467 e. The Kier molecular flexibility index (Phi) is 5.41. The van der Waals surface area contributed by atoms with E-state index in [0.717, 1.165) is 29.7 Å². The van der Waals surface area contributed by atoms with E-state index >= 15 is 0 Å². The number of ether oxygens (including phenoxy) is 1. The van der Waals surface area contributed by atoms with E-state index < -0.39 is 17.9 Å². The summed E-state index contributed by atoms with van der Waals surface area (Å²) in [5.41, 5.74) is 0.896. The van der Waals surface area contributed by atoms with Gasteiger partial charge in [-0.3, -0.25) is 14.2 Å². The molecule has 0 fully saturated rings. The van der Waals surface area contributed by atoms with Crippen molar-refractivity contribution in [3.8, 4) is 0 Å². The van der Waals surface area contributed by atoms with Gasteiger partial charge in [-0.05, 0) is 37.2 Å². The minimum absolute atomic E-state index is 0.169. The molecular formula is C18H23N3O4S. The summed E-state index contributed by atoms with van der Waals surface area (Å²) >= 11 is 1.57. The number of fused-ring (bicyclic) bond motifs is 3. The van der Waals surface area contributed by atoms with Crippen molar-refractivity contribution in [2.75, 3.05) is 7.11 Å². The number of hydrogen-bond donors (Lipinski definition) is 1. The lowest BCUT2D eigenvalue weighted by Crippen LogP contribution is -2.44. The van der Waals surface area contributed by atoms with Crippen LogP contribution < -0.4 is 10.9 Å². The molecule has 0 aliphatic heterocycles. The first-order valence-electron chi connectivity index (χ1n) is 8.77. The summed E-state index contributed by atoms with van der Waals surface area (Å²) in [5.74, 6) is -0.673. The van der Waals surface area contributed by atoms with E-state index in [0.29, 0.717) is 11.8 Å². The van der Waals surface area contributed by atoms with Crippen LogP contribution in [0.5, 0.6) is 0 Å². The highest BCUT2D eigenvalue weighted by atomic mass is 32.1. The number of nitrogens with one attached hydrogen (secondary N) is 1. The second kappa shape index (κ2) is 7.57. The molecule has 1 atom stereocenters. The Morgan fingerprint density at radius 3 is 2.85 bits per heavy atom. The largest absolute Gasteiger partial charge is 0.467 e. The lowest BCUT2D eigenvalue weighted by Gasteiger charge is -2.18. The SMILES string of the molecule is COC(=O)[C@H](CC(C)C)NC(=O)Cn1cnc2sc3c(c2c1=O)CCC3. The third kappa shape index (κ3) is 3.65. The summed E-state index contributed by atoms with van der Waals surface area (Å²) in [5, 5.41) is 3.31. The molecule has 2 aromatic heterocycles. The summed E-state index contributed by atoms with van der Waals surface area (Å²) in [4.78, 5) is 43.3. The van der Waals surface area contributed by atoms with Crippen molar-refractivity contribution in [3.05, 3.63) is 27.1 Å². The van der Waals surface area contributed by atoms with Gasteiger partial charge in [-0.15, -0.1) is 11.3 Å². The molecule has 0 unspecified atom stereocenters. The lowest BCUT2D eigenvalue weighted by atomic mass is 10.0. The van der Waals surface area contributed by atoms with Gasteiger partial charge in [0.05, 0.1) is 18.8 Å². The van der Waals surface area contributed by atoms with Crippen LogP contribution in [-0.2, 0) is 33.7 Å². The van der Waals surface area contributed by atoms with E-state index in [1.165, 1.54) is 22.9 Å². The molecule has 7 nitrogen and oxygen atoms in total. The van der Waals surface area contributed by atoms with Crippen molar-refractivity contribution < 1.29 is 14.3 Å². The lowest BCUT2D eigenvalue weighted by molar-refractivity contribution is -0.145. The third-order valence-corrected chi connectivity index (χ3v) is 5.73. The quantitative estimate of drug-likeness (QED) is 0.773. The van der Waals surface area contributed by atoms with Crippen LogP contribution in [-0.4, -0.2) is 34.6 Å². The molecule has 1 N–H and O–H groups in total. The molecule has 0 spiro atoms. The topological polar surface area (TPSA) is 90.3 Å². The Balaban J connectivity index is 1.80. The monoisotopic (exact) mass is 377 g/mol. The Bertz CT molecular complexity index is 900. The predicted molar refractivity (Wildman–Crippen MR) is 99.3 cm³/mol. The summed E-state index contributed by atoms with van der Waals surface area (Å²) in [6.07, 6.45) is 4.82. The van der Waals surface area contributed by atoms with Crippen molar-refractivity contribution in [1.29, 1.82) is 0 Å². The van der Waals surface area contributed by atoms with Gasteiger partial charge in [0.15, 0.2) is 0 Å². The number of rotatable bonds is 6. The number of esters is 1. The van der Waals surface area contributed by atoms with Gasteiger partial charge < -0.3 is 10.1 Å². The van der Waals surface area contributed by atoms with Gasteiger partial charge in [-0.1, -0.05) is 13.8 Å². The molecule has 1 amide bonds. The highest BCUT2D eigenvalue weighted by Gasteiger charge is 2.24. The highest BCUT2D eigenvalue weighted by Crippen LogP contribution is 2.34. The number of amides is 1. The molecule has 0 saturated carbocycles. The van der Waals surface area contributed by atoms with Crippen LogP contribution in [0, 0.1) is 5.92 Å². The standard InChI is InChI=1S/C18H23N3O4S/c1-10(2)7-12(18(24)25-3)20-14(22)8-21-9-19-16-15(17(21)23)11-5-4-6-13(11)26-16/h9-10,12H,4-8H2,1-3H3,(H,20,22)/t12-/m0/s1. The normalized spacial score (nSPS) is 14.5. The maximum Gasteiger partial charge on any atom is 0.328 e. The predicted octanol–water partition coefficient (Wildman–Crippen LogP) is 1.65. The van der Waals surface area contributed by atoms with Gasteiger partial charge in [-0.25, -0.2) is 9.78 Å². The molecule has 140 valence electrons. The van der Waals surface area contributed by atoms with Gasteiger partial charge in [-0.2, -0.15) is 0 Å². The average molecular weight is 377 g/mol. The second-order valence-corrected chi connectivity index (χ2v) is 8.07. The maximum atomic E-state index is 12.8. The summed E-state index contributed by atoms with van der Waals surface area (Å²) in [7, 11) is 1.29. The summed E-state index contributed by atoms with van der Waals surface area (Å²) in [6, 6.07) is -0.717. The van der Waals surface area contributed by atoms with Crippen molar-refractivity contribution >= 4 is 33.4 Å². The fraction of sp³-hybridized carbons (Fsp3) is 0.556. The van der Waals surface area contributed by atoms with E-state index in [1.807, 2.05) is 13.8 Å². The van der Waals surface area contributed by atoms with E-state index in [-0.39, 0.29) is 18.0 Å². The third-order valence-electron chi connectivity index (χ3n) is 4.53. The molecule has 0 radical (unpaired) electrons. The van der Waals surface area contributed by atoms with E-state index in [2.05, 4.69) is 10.3 Å². The molecule has 1 aliphatic carbocycles. The van der Waals surface area contributed by atoms with Gasteiger partial charge in [0.25, 0.3) is 5.56 Å². The molecule has 1 aliphatic rings. The molecule has 8 heteroatoms. The zero-order valence-electron chi connectivity index (χ0n) is 15.2. The Morgan fingerprint density at radius 1 is 1.38 bits per heavy atom. The van der Waals surface area contributed by atoms with Crippen molar-refractivity contribution in [2.24, 2.45) is 5.92 Å². The zero-order chi connectivity index (χ0) is 18.8. The van der Waals surface area contributed by atoms with Crippen LogP contribution in [0.4, 0.5) is 0 Å². The Hall–Kier alpha value is -2.22. The van der Waals surface area contributed by atoms with Crippen LogP contribution in [0.2, 0.25) is 0 Å². The van der Waals surface area contributed by atoms with Crippen molar-refractivity contribution in [3.63, 3.8) is 0 Å². The number of thiophene rings is 1. The fourth-order valence-electron chi connectivity index (χ4n) is 3.35. The number of nitrogens with zero attached hydrogens (tertiary/aromatic N) is 2. The molecule has 2 aromatic rings. The number of aromatic nitrogens is 2. The smallest absolute Gasteiger partial charge is 0.328 e. The first-order chi connectivity index (χ1) is 12.4. The molecule has 2 heterocycles. The number of carbonyl (C=O) groups is 2. The maximum absolute atomic E-state index is 12.8. The van der Waals surface area contributed by atoms with Crippen molar-refractivity contribution in [2.45, 2.75) is 52.1 Å². The Morgan fingerprint density at radius 2 is 2.15 bits per heavy atom. The van der Waals surface area contributed by atoms with E-state index in [1.54, 1.807) is 11.3 Å². The second-order valence-electron chi connectivity index (χ2n) is 6.99. The first kappa shape index (κ1) is 18.6. The van der Waals surface area contributed by atoms with Gasteiger partial charge >= 0.3 is 5.97 Å². The fourth-order valence-corrected chi connectivity index (χ4v) is 4.57. The van der Waals surface area contributed by atoms with Crippen LogP contribution in [0.15, 0.2) is 11.1 Å².